The molecule has 11 nitrogen and oxygen atoms in total. The van der Waals surface area contributed by atoms with Crippen molar-refractivity contribution in [2.45, 2.75) is 57.7 Å². The number of hydrogen-bond acceptors (Lipinski definition) is 8. The maximum absolute atomic E-state index is 13.4. The molecule has 0 radical (unpaired) electrons. The van der Waals surface area contributed by atoms with Crippen molar-refractivity contribution in [3.63, 3.8) is 0 Å². The van der Waals surface area contributed by atoms with E-state index in [1.165, 1.54) is 6.08 Å². The number of aromatic nitrogens is 2. The Bertz CT molecular complexity index is 1240. The summed E-state index contributed by atoms with van der Waals surface area (Å²) in [4.78, 5) is 7.70. The number of nitrogens with zero attached hydrogens (tertiary/aromatic N) is 5. The van der Waals surface area contributed by atoms with Crippen LogP contribution in [0, 0.1) is 12.0 Å². The number of epoxide rings is 1. The molecule has 1 fully saturated rings. The summed E-state index contributed by atoms with van der Waals surface area (Å²) in [5.41, 5.74) is 6.76. The zero-order chi connectivity index (χ0) is 25.7. The van der Waals surface area contributed by atoms with E-state index in [-0.39, 0.29) is 41.6 Å². The van der Waals surface area contributed by atoms with Crippen LogP contribution in [0.3, 0.4) is 0 Å². The van der Waals surface area contributed by atoms with Crippen molar-refractivity contribution in [3.8, 4) is 0 Å². The van der Waals surface area contributed by atoms with Crippen molar-refractivity contribution >= 4 is 22.7 Å². The minimum absolute atomic E-state index is 0.0629. The Kier molecular flexibility index (Phi) is 6.76. The van der Waals surface area contributed by atoms with Crippen molar-refractivity contribution in [2.75, 3.05) is 12.4 Å². The van der Waals surface area contributed by atoms with Gasteiger partial charge in [-0.1, -0.05) is 5.57 Å². The van der Waals surface area contributed by atoms with Gasteiger partial charge in [-0.05, 0) is 51.8 Å². The first-order valence-corrected chi connectivity index (χ1v) is 12.2. The Morgan fingerprint density at radius 3 is 2.69 bits per heavy atom. The molecule has 1 saturated heterocycles. The first-order valence-electron chi connectivity index (χ1n) is 10.8. The van der Waals surface area contributed by atoms with Crippen molar-refractivity contribution in [1.29, 1.82) is 0 Å². The fraction of sp³-hybridized carbons (Fsp3) is 0.476. The second-order valence-electron chi connectivity index (χ2n) is 8.70. The summed E-state index contributed by atoms with van der Waals surface area (Å²) in [5, 5.41) is 13.6. The molecule has 35 heavy (non-hydrogen) atoms. The number of halogens is 2. The quantitative estimate of drug-likeness (QED) is 0.0762. The van der Waals surface area contributed by atoms with Crippen LogP contribution >= 0.6 is 0 Å². The van der Waals surface area contributed by atoms with Crippen LogP contribution in [0.25, 0.3) is 5.43 Å². The molecule has 3 N–H and O–H groups in total. The van der Waals surface area contributed by atoms with E-state index in [2.05, 4.69) is 27.4 Å². The van der Waals surface area contributed by atoms with Gasteiger partial charge in [-0.2, -0.15) is 27.2 Å². The molecule has 2 aliphatic heterocycles. The van der Waals surface area contributed by atoms with Crippen molar-refractivity contribution < 1.29 is 36.3 Å². The van der Waals surface area contributed by atoms with Gasteiger partial charge in [0.25, 0.3) is 10.1 Å². The van der Waals surface area contributed by atoms with Gasteiger partial charge in [0.15, 0.2) is 0 Å². The molecule has 3 aliphatic rings. The van der Waals surface area contributed by atoms with Gasteiger partial charge in [0.05, 0.1) is 6.23 Å². The molecule has 14 heteroatoms. The van der Waals surface area contributed by atoms with Crippen LogP contribution in [0.5, 0.6) is 0 Å². The average molecular weight is 513 g/mol. The topological polar surface area (TPSA) is 145 Å². The van der Waals surface area contributed by atoms with Crippen LogP contribution in [0.15, 0.2) is 39.6 Å². The first-order chi connectivity index (χ1) is 16.3. The SMILES string of the molecule is C=[N+]([N-]C1CC(C)=C(C)C2O[C@H]2N(C)C1O)C1=C(S(=O)(=O)O)CCC(Nc2cc(F)nc(F)n2)=C1. The van der Waals surface area contributed by atoms with Crippen LogP contribution in [-0.4, -0.2) is 76.0 Å². The van der Waals surface area contributed by atoms with E-state index in [1.54, 1.807) is 11.9 Å². The molecule has 190 valence electrons. The van der Waals surface area contributed by atoms with Gasteiger partial charge < -0.3 is 20.6 Å². The Balaban J connectivity index is 1.63. The Morgan fingerprint density at radius 2 is 2.03 bits per heavy atom. The number of ether oxygens (including phenoxy) is 1. The van der Waals surface area contributed by atoms with E-state index in [0.717, 1.165) is 21.9 Å². The minimum Gasteiger partial charge on any atom is -0.427 e. The van der Waals surface area contributed by atoms with Crippen molar-refractivity contribution in [2.24, 2.45) is 0 Å². The number of nitrogens with one attached hydrogen (secondary N) is 1. The monoisotopic (exact) mass is 512 g/mol. The molecule has 3 unspecified atom stereocenters. The van der Waals surface area contributed by atoms with Gasteiger partial charge in [0.1, 0.15) is 29.8 Å². The van der Waals surface area contributed by atoms with E-state index in [0.29, 0.717) is 12.1 Å². The van der Waals surface area contributed by atoms with Crippen molar-refractivity contribution in [1.82, 2.24) is 14.9 Å². The van der Waals surface area contributed by atoms with Gasteiger partial charge in [-0.3, -0.25) is 9.45 Å². The zero-order valence-electron chi connectivity index (χ0n) is 19.3. The standard InChI is InChI=1S/C21H26F2N6O5S/c1-10-7-13(19(30)28(3)20-18(34-20)11(10)2)27-29(4)14-8-12(5-6-15(14)35(31,32)33)24-17-9-16(22)25-21(23)26-17/h8-9,13,18-20,30H,4-7H2,1-3H3,(H,24,25,26)(H,31,32,33)/t13?,18?,19?,20-/m1/s1. The fourth-order valence-electron chi connectivity index (χ4n) is 4.21. The highest BCUT2D eigenvalue weighted by Gasteiger charge is 2.47. The predicted octanol–water partition coefficient (Wildman–Crippen LogP) is 2.03. The predicted molar refractivity (Wildman–Crippen MR) is 121 cm³/mol. The molecular weight excluding hydrogens is 486 g/mol. The lowest BCUT2D eigenvalue weighted by atomic mass is 9.97. The summed E-state index contributed by atoms with van der Waals surface area (Å²) in [7, 11) is -2.91. The molecule has 0 bridgehead atoms. The normalized spacial score (nSPS) is 27.6. The third-order valence-corrected chi connectivity index (χ3v) is 7.33. The largest absolute Gasteiger partial charge is 0.427 e. The van der Waals surface area contributed by atoms with Gasteiger partial charge >= 0.3 is 6.08 Å². The second kappa shape index (κ2) is 9.35. The lowest BCUT2D eigenvalue weighted by molar-refractivity contribution is -0.417. The third kappa shape index (κ3) is 5.41. The summed E-state index contributed by atoms with van der Waals surface area (Å²) in [6.07, 6.45) is -1.04. The molecule has 1 aliphatic carbocycles. The molecule has 0 amide bonds. The third-order valence-electron chi connectivity index (χ3n) is 6.30. The maximum atomic E-state index is 13.4. The van der Waals surface area contributed by atoms with Crippen molar-refractivity contribution in [3.05, 3.63) is 57.0 Å². The van der Waals surface area contributed by atoms with Gasteiger partial charge in [0, 0.05) is 17.8 Å². The molecule has 1 aromatic heterocycles. The smallest absolute Gasteiger partial charge is 0.313 e. The fourth-order valence-corrected chi connectivity index (χ4v) is 5.00. The number of hydrogen-bond donors (Lipinski definition) is 3. The van der Waals surface area contributed by atoms with Gasteiger partial charge in [-0.15, -0.1) is 0 Å². The number of anilines is 1. The number of likely N-dealkylation sites (N-methyl/N-ethyl adjacent to an activating group) is 1. The van der Waals surface area contributed by atoms with Gasteiger partial charge in [0.2, 0.25) is 11.6 Å². The van der Waals surface area contributed by atoms with E-state index < -0.39 is 34.4 Å². The molecule has 3 heterocycles. The van der Waals surface area contributed by atoms with Crippen LogP contribution in [0.2, 0.25) is 0 Å². The lowest BCUT2D eigenvalue weighted by Crippen LogP contribution is -2.45. The number of allylic oxidation sites excluding steroid dienone is 3. The van der Waals surface area contributed by atoms with Crippen LogP contribution < -0.4 is 5.32 Å². The van der Waals surface area contributed by atoms with Crippen LogP contribution in [0.4, 0.5) is 14.6 Å². The average Bonchev–Trinajstić information content (AvgIpc) is 3.55. The first kappa shape index (κ1) is 25.3. The molecular formula is C21H26F2N6O5S. The van der Waals surface area contributed by atoms with Gasteiger partial charge in [-0.25, -0.2) is 4.68 Å². The van der Waals surface area contributed by atoms with Crippen LogP contribution in [0.1, 0.15) is 33.1 Å². The summed E-state index contributed by atoms with van der Waals surface area (Å²) in [6, 6.07) is 0.146. The molecule has 0 aromatic carbocycles. The highest BCUT2D eigenvalue weighted by atomic mass is 32.2. The number of aliphatic hydroxyl groups excluding tert-OH is 1. The highest BCUT2D eigenvalue weighted by molar-refractivity contribution is 7.89. The van der Waals surface area contributed by atoms with E-state index >= 15 is 0 Å². The number of rotatable bonds is 6. The maximum Gasteiger partial charge on any atom is 0.313 e. The molecule has 4 rings (SSSR count). The molecule has 0 spiro atoms. The minimum atomic E-state index is -4.61. The Morgan fingerprint density at radius 1 is 1.31 bits per heavy atom. The highest BCUT2D eigenvalue weighted by Crippen LogP contribution is 2.39. The van der Waals surface area contributed by atoms with Crippen LogP contribution in [-0.2, 0) is 14.9 Å². The summed E-state index contributed by atoms with van der Waals surface area (Å²) in [5.74, 6) is -1.25. The summed E-state index contributed by atoms with van der Waals surface area (Å²) >= 11 is 0. The molecule has 4 atom stereocenters. The summed E-state index contributed by atoms with van der Waals surface area (Å²) in [6.45, 7) is 7.67. The zero-order valence-corrected chi connectivity index (χ0v) is 20.1. The van der Waals surface area contributed by atoms with E-state index in [1.807, 2.05) is 13.8 Å². The summed E-state index contributed by atoms with van der Waals surface area (Å²) < 4.78 is 67.4. The number of aliphatic hydroxyl groups is 1. The number of fused-ring (bicyclic) bond motifs is 1. The Labute approximate surface area is 201 Å². The van der Waals surface area contributed by atoms with E-state index in [9.17, 15) is 26.9 Å². The second-order valence-corrected chi connectivity index (χ2v) is 10.1. The molecule has 0 saturated carbocycles. The lowest BCUT2D eigenvalue weighted by Gasteiger charge is -2.38. The molecule has 1 aromatic rings. The van der Waals surface area contributed by atoms with E-state index in [4.69, 9.17) is 4.74 Å². The Hall–Kier alpha value is -2.78.